The Bertz CT molecular complexity index is 1050. The minimum absolute atomic E-state index is 0.0295. The van der Waals surface area contributed by atoms with Crippen molar-refractivity contribution in [1.29, 1.82) is 0 Å². The summed E-state index contributed by atoms with van der Waals surface area (Å²) in [5.74, 6) is 1.33. The van der Waals surface area contributed by atoms with Crippen LogP contribution in [0.3, 0.4) is 0 Å². The molecular formula is C21H21ClN4O2S. The number of aromatic nitrogens is 3. The van der Waals surface area contributed by atoms with Crippen molar-refractivity contribution in [3.63, 3.8) is 0 Å². The van der Waals surface area contributed by atoms with E-state index in [9.17, 15) is 9.90 Å². The molecule has 1 amide bonds. The third-order valence-electron chi connectivity index (χ3n) is 5.37. The average Bonchev–Trinajstić information content (AvgIpc) is 3.09. The number of phenols is 1. The largest absolute Gasteiger partial charge is 0.508 e. The summed E-state index contributed by atoms with van der Waals surface area (Å²) in [4.78, 5) is 14.8. The molecule has 0 radical (unpaired) electrons. The molecule has 1 saturated heterocycles. The molecule has 1 aliphatic heterocycles. The first kappa shape index (κ1) is 19.7. The number of hydrogen-bond donors (Lipinski definition) is 2. The highest BCUT2D eigenvalue weighted by Crippen LogP contribution is 2.29. The van der Waals surface area contributed by atoms with Crippen LogP contribution >= 0.6 is 23.8 Å². The van der Waals surface area contributed by atoms with Crippen molar-refractivity contribution < 1.29 is 9.90 Å². The molecule has 1 fully saturated rings. The van der Waals surface area contributed by atoms with Crippen LogP contribution in [0.2, 0.25) is 5.02 Å². The van der Waals surface area contributed by atoms with Crippen molar-refractivity contribution in [2.75, 3.05) is 13.1 Å². The lowest BCUT2D eigenvalue weighted by Gasteiger charge is -2.32. The molecule has 3 aromatic rings. The number of aromatic hydroxyl groups is 1. The Balaban J connectivity index is 1.43. The van der Waals surface area contributed by atoms with Gasteiger partial charge in [0.05, 0.1) is 0 Å². The molecule has 1 aliphatic rings. The number of amides is 1. The Morgan fingerprint density at radius 1 is 1.14 bits per heavy atom. The number of carbonyl (C=O) groups is 1. The van der Waals surface area contributed by atoms with E-state index in [0.717, 1.165) is 18.4 Å². The van der Waals surface area contributed by atoms with Crippen LogP contribution in [0, 0.1) is 4.77 Å². The monoisotopic (exact) mass is 428 g/mol. The van der Waals surface area contributed by atoms with Gasteiger partial charge in [-0.05, 0) is 72.9 Å². The van der Waals surface area contributed by atoms with Crippen LogP contribution in [-0.2, 0) is 11.3 Å². The van der Waals surface area contributed by atoms with Gasteiger partial charge in [0.25, 0.3) is 0 Å². The minimum Gasteiger partial charge on any atom is -0.508 e. The van der Waals surface area contributed by atoms with Crippen molar-refractivity contribution >= 4 is 29.7 Å². The van der Waals surface area contributed by atoms with Crippen molar-refractivity contribution in [2.45, 2.75) is 25.3 Å². The molecule has 6 nitrogen and oxygen atoms in total. The standard InChI is InChI=1S/C21H21ClN4O2S/c22-17-5-1-16(2-6-17)20-23-24-21(29)26(20)13-19(28)25-11-9-15(10-12-25)14-3-7-18(27)8-4-14/h1-8,15,27H,9-13H2,(H,24,29). The number of hydrogen-bond acceptors (Lipinski definition) is 4. The minimum atomic E-state index is 0.0295. The van der Waals surface area contributed by atoms with Gasteiger partial charge >= 0.3 is 0 Å². The second kappa shape index (κ2) is 8.39. The van der Waals surface area contributed by atoms with Crippen molar-refractivity contribution in [1.82, 2.24) is 19.7 Å². The lowest BCUT2D eigenvalue weighted by Crippen LogP contribution is -2.39. The highest BCUT2D eigenvalue weighted by atomic mass is 35.5. The van der Waals surface area contributed by atoms with Crippen LogP contribution in [0.25, 0.3) is 11.4 Å². The van der Waals surface area contributed by atoms with Crippen LogP contribution in [0.5, 0.6) is 5.75 Å². The number of nitrogens with zero attached hydrogens (tertiary/aromatic N) is 3. The number of piperidine rings is 1. The number of aromatic amines is 1. The molecule has 2 heterocycles. The van der Waals surface area contributed by atoms with Gasteiger partial charge in [0, 0.05) is 23.7 Å². The van der Waals surface area contributed by atoms with Crippen LogP contribution < -0.4 is 0 Å². The van der Waals surface area contributed by atoms with Crippen molar-refractivity contribution in [3.05, 3.63) is 63.9 Å². The topological polar surface area (TPSA) is 74.2 Å². The summed E-state index contributed by atoms with van der Waals surface area (Å²) >= 11 is 11.3. The smallest absolute Gasteiger partial charge is 0.242 e. The maximum absolute atomic E-state index is 12.9. The van der Waals surface area contributed by atoms with E-state index in [2.05, 4.69) is 10.2 Å². The summed E-state index contributed by atoms with van der Waals surface area (Å²) in [7, 11) is 0. The van der Waals surface area contributed by atoms with Gasteiger partial charge in [-0.25, -0.2) is 0 Å². The first-order valence-corrected chi connectivity index (χ1v) is 10.3. The number of carbonyl (C=O) groups excluding carboxylic acids is 1. The molecule has 0 saturated carbocycles. The van der Waals surface area contributed by atoms with Crippen LogP contribution in [0.1, 0.15) is 24.3 Å². The fourth-order valence-corrected chi connectivity index (χ4v) is 4.05. The molecule has 2 aromatic carbocycles. The van der Waals surface area contributed by atoms with Crippen LogP contribution in [0.15, 0.2) is 48.5 Å². The van der Waals surface area contributed by atoms with E-state index in [0.29, 0.717) is 34.6 Å². The van der Waals surface area contributed by atoms with Gasteiger partial charge in [0.2, 0.25) is 5.91 Å². The fraction of sp³-hybridized carbons (Fsp3) is 0.286. The molecule has 8 heteroatoms. The number of benzene rings is 2. The van der Waals surface area contributed by atoms with E-state index >= 15 is 0 Å². The second-order valence-corrected chi connectivity index (χ2v) is 8.02. The normalized spacial score (nSPS) is 14.9. The summed E-state index contributed by atoms with van der Waals surface area (Å²) in [5.41, 5.74) is 2.05. The number of nitrogens with one attached hydrogen (secondary N) is 1. The summed E-state index contributed by atoms with van der Waals surface area (Å²) in [6, 6.07) is 14.6. The molecule has 0 unspecified atom stereocenters. The SMILES string of the molecule is O=C(Cn1c(-c2ccc(Cl)cc2)n[nH]c1=S)N1CCC(c2ccc(O)cc2)CC1. The quantitative estimate of drug-likeness (QED) is 0.605. The predicted octanol–water partition coefficient (Wildman–Crippen LogP) is 4.37. The van der Waals surface area contributed by atoms with Crippen LogP contribution in [0.4, 0.5) is 0 Å². The number of likely N-dealkylation sites (tertiary alicyclic amines) is 1. The first-order valence-electron chi connectivity index (χ1n) is 9.49. The Morgan fingerprint density at radius 2 is 1.79 bits per heavy atom. The maximum atomic E-state index is 12.9. The number of rotatable bonds is 4. The van der Waals surface area contributed by atoms with E-state index in [1.165, 1.54) is 5.56 Å². The third kappa shape index (κ3) is 4.36. The van der Waals surface area contributed by atoms with Gasteiger partial charge in [0.1, 0.15) is 12.3 Å². The van der Waals surface area contributed by atoms with Gasteiger partial charge in [-0.2, -0.15) is 5.10 Å². The third-order valence-corrected chi connectivity index (χ3v) is 5.93. The maximum Gasteiger partial charge on any atom is 0.242 e. The zero-order valence-electron chi connectivity index (χ0n) is 15.7. The van der Waals surface area contributed by atoms with Crippen LogP contribution in [-0.4, -0.2) is 43.8 Å². The highest BCUT2D eigenvalue weighted by molar-refractivity contribution is 7.71. The van der Waals surface area contributed by atoms with Gasteiger partial charge in [0.15, 0.2) is 10.6 Å². The molecule has 1 aromatic heterocycles. The molecule has 150 valence electrons. The average molecular weight is 429 g/mol. The predicted molar refractivity (Wildman–Crippen MR) is 115 cm³/mol. The van der Waals surface area contributed by atoms with E-state index in [-0.39, 0.29) is 18.2 Å². The van der Waals surface area contributed by atoms with E-state index in [4.69, 9.17) is 23.8 Å². The first-order chi connectivity index (χ1) is 14.0. The lowest BCUT2D eigenvalue weighted by atomic mass is 9.89. The number of H-pyrrole nitrogens is 1. The summed E-state index contributed by atoms with van der Waals surface area (Å²) in [6.45, 7) is 1.55. The molecule has 0 bridgehead atoms. The van der Waals surface area contributed by atoms with E-state index in [1.807, 2.05) is 29.2 Å². The number of phenolic OH excluding ortho intramolecular Hbond substituents is 1. The van der Waals surface area contributed by atoms with Crippen molar-refractivity contribution in [3.8, 4) is 17.1 Å². The Hall–Kier alpha value is -2.64. The molecule has 0 aliphatic carbocycles. The second-order valence-electron chi connectivity index (χ2n) is 7.19. The number of halogens is 1. The van der Waals surface area contributed by atoms with Gasteiger partial charge in [-0.3, -0.25) is 14.5 Å². The summed E-state index contributed by atoms with van der Waals surface area (Å²) in [6.07, 6.45) is 1.80. The zero-order valence-corrected chi connectivity index (χ0v) is 17.3. The van der Waals surface area contributed by atoms with E-state index in [1.54, 1.807) is 28.8 Å². The zero-order chi connectivity index (χ0) is 20.4. The Morgan fingerprint density at radius 3 is 2.45 bits per heavy atom. The molecule has 0 atom stereocenters. The van der Waals surface area contributed by atoms with E-state index < -0.39 is 0 Å². The Labute approximate surface area is 178 Å². The fourth-order valence-electron chi connectivity index (χ4n) is 3.73. The summed E-state index contributed by atoms with van der Waals surface area (Å²) < 4.78 is 2.15. The molecular weight excluding hydrogens is 408 g/mol. The molecule has 2 N–H and O–H groups in total. The Kier molecular flexibility index (Phi) is 5.69. The molecule has 4 rings (SSSR count). The molecule has 29 heavy (non-hydrogen) atoms. The van der Waals surface area contributed by atoms with Crippen molar-refractivity contribution in [2.24, 2.45) is 0 Å². The summed E-state index contributed by atoms with van der Waals surface area (Å²) in [5, 5.41) is 17.2. The molecule has 0 spiro atoms. The van der Waals surface area contributed by atoms with Gasteiger partial charge in [-0.15, -0.1) is 0 Å². The van der Waals surface area contributed by atoms with Gasteiger partial charge < -0.3 is 10.0 Å². The van der Waals surface area contributed by atoms with Gasteiger partial charge in [-0.1, -0.05) is 23.7 Å². The lowest BCUT2D eigenvalue weighted by molar-refractivity contribution is -0.132. The highest BCUT2D eigenvalue weighted by Gasteiger charge is 2.25.